The number of nitrogens with zero attached hydrogens (tertiary/aromatic N) is 1. The molecular formula is C10H14IN3O. The van der Waals surface area contributed by atoms with Gasteiger partial charge in [0.25, 0.3) is 5.56 Å². The zero-order chi connectivity index (χ0) is 10.7. The van der Waals surface area contributed by atoms with Crippen molar-refractivity contribution in [1.82, 2.24) is 9.97 Å². The van der Waals surface area contributed by atoms with Crippen LogP contribution in [0.3, 0.4) is 0 Å². The van der Waals surface area contributed by atoms with Crippen LogP contribution >= 0.6 is 22.6 Å². The molecule has 1 saturated carbocycles. The highest BCUT2D eigenvalue weighted by Crippen LogP contribution is 2.33. The van der Waals surface area contributed by atoms with E-state index < -0.39 is 0 Å². The smallest absolute Gasteiger partial charge is 0.266 e. The van der Waals surface area contributed by atoms with Gasteiger partial charge in [0.1, 0.15) is 9.39 Å². The summed E-state index contributed by atoms with van der Waals surface area (Å²) in [6.07, 6.45) is 6.71. The normalized spacial score (nSPS) is 15.3. The fraction of sp³-hybridized carbons (Fsp3) is 0.600. The summed E-state index contributed by atoms with van der Waals surface area (Å²) < 4.78 is 0.640. The molecule has 1 heterocycles. The van der Waals surface area contributed by atoms with Gasteiger partial charge < -0.3 is 10.3 Å². The van der Waals surface area contributed by atoms with Gasteiger partial charge in [-0.25, -0.2) is 4.98 Å². The highest BCUT2D eigenvalue weighted by molar-refractivity contribution is 14.1. The Morgan fingerprint density at radius 1 is 1.60 bits per heavy atom. The van der Waals surface area contributed by atoms with Crippen molar-refractivity contribution in [2.45, 2.75) is 25.7 Å². The lowest BCUT2D eigenvalue weighted by molar-refractivity contribution is 0.686. The maximum atomic E-state index is 11.2. The molecule has 0 unspecified atom stereocenters. The number of aromatic amines is 1. The number of halogens is 1. The molecule has 82 valence electrons. The van der Waals surface area contributed by atoms with Crippen molar-refractivity contribution in [3.8, 4) is 0 Å². The lowest BCUT2D eigenvalue weighted by Crippen LogP contribution is -2.15. The van der Waals surface area contributed by atoms with Crippen molar-refractivity contribution < 1.29 is 0 Å². The summed E-state index contributed by atoms with van der Waals surface area (Å²) in [7, 11) is 0. The van der Waals surface area contributed by atoms with Gasteiger partial charge in [0.2, 0.25) is 0 Å². The topological polar surface area (TPSA) is 57.8 Å². The first-order chi connectivity index (χ1) is 7.27. The summed E-state index contributed by atoms with van der Waals surface area (Å²) in [5.41, 5.74) is -0.0738. The van der Waals surface area contributed by atoms with E-state index >= 15 is 0 Å². The van der Waals surface area contributed by atoms with E-state index in [9.17, 15) is 4.79 Å². The molecule has 0 aromatic carbocycles. The Hall–Kier alpha value is -0.590. The Balaban J connectivity index is 1.81. The lowest BCUT2D eigenvalue weighted by Gasteiger charge is -2.05. The summed E-state index contributed by atoms with van der Waals surface area (Å²) in [6, 6.07) is 0. The van der Waals surface area contributed by atoms with Gasteiger partial charge in [-0.05, 0) is 41.4 Å². The minimum Gasteiger partial charge on any atom is -0.369 e. The van der Waals surface area contributed by atoms with E-state index in [0.717, 1.165) is 18.9 Å². The van der Waals surface area contributed by atoms with Crippen LogP contribution in [0.1, 0.15) is 25.7 Å². The summed E-state index contributed by atoms with van der Waals surface area (Å²) in [5, 5.41) is 3.20. The summed E-state index contributed by atoms with van der Waals surface area (Å²) in [5.74, 6) is 1.67. The number of hydrogen-bond acceptors (Lipinski definition) is 3. The van der Waals surface area contributed by atoms with Gasteiger partial charge in [0, 0.05) is 6.54 Å². The van der Waals surface area contributed by atoms with E-state index in [-0.39, 0.29) is 5.56 Å². The molecule has 0 amide bonds. The largest absolute Gasteiger partial charge is 0.369 e. The fourth-order valence-corrected chi connectivity index (χ4v) is 2.00. The van der Waals surface area contributed by atoms with E-state index in [4.69, 9.17) is 0 Å². The molecule has 0 saturated heterocycles. The monoisotopic (exact) mass is 319 g/mol. The van der Waals surface area contributed by atoms with Crippen molar-refractivity contribution >= 4 is 28.4 Å². The minimum absolute atomic E-state index is 0.0738. The van der Waals surface area contributed by atoms with E-state index in [1.807, 2.05) is 22.6 Å². The van der Waals surface area contributed by atoms with Crippen molar-refractivity contribution in [3.63, 3.8) is 0 Å². The van der Waals surface area contributed by atoms with E-state index in [1.54, 1.807) is 0 Å². The van der Waals surface area contributed by atoms with Crippen LogP contribution in [-0.4, -0.2) is 16.5 Å². The average molecular weight is 319 g/mol. The molecule has 0 spiro atoms. The third-order valence-electron chi connectivity index (χ3n) is 2.58. The number of nitrogens with one attached hydrogen (secondary N) is 2. The van der Waals surface area contributed by atoms with Crippen molar-refractivity contribution in [2.24, 2.45) is 5.92 Å². The van der Waals surface area contributed by atoms with Crippen molar-refractivity contribution in [1.29, 1.82) is 0 Å². The molecule has 15 heavy (non-hydrogen) atoms. The van der Waals surface area contributed by atoms with Crippen molar-refractivity contribution in [2.75, 3.05) is 11.9 Å². The van der Waals surface area contributed by atoms with Gasteiger partial charge in [-0.1, -0.05) is 12.8 Å². The minimum atomic E-state index is -0.0738. The molecule has 1 aliphatic rings. The summed E-state index contributed by atoms with van der Waals surface area (Å²) in [6.45, 7) is 0.906. The SMILES string of the molecule is O=c1[nH]cnc(NCCCC2CC2)c1I. The number of aromatic nitrogens is 2. The van der Waals surface area contributed by atoms with E-state index in [2.05, 4.69) is 15.3 Å². The van der Waals surface area contributed by atoms with Crippen LogP contribution in [0.15, 0.2) is 11.1 Å². The Morgan fingerprint density at radius 2 is 2.40 bits per heavy atom. The second-order valence-electron chi connectivity index (χ2n) is 3.91. The van der Waals surface area contributed by atoms with Crippen LogP contribution in [0, 0.1) is 9.49 Å². The molecule has 0 aliphatic heterocycles. The van der Waals surface area contributed by atoms with Gasteiger partial charge in [0.05, 0.1) is 6.33 Å². The number of H-pyrrole nitrogens is 1. The van der Waals surface area contributed by atoms with Crippen LogP contribution in [-0.2, 0) is 0 Å². The van der Waals surface area contributed by atoms with Crippen LogP contribution < -0.4 is 10.9 Å². The first-order valence-electron chi connectivity index (χ1n) is 5.24. The standard InChI is InChI=1S/C10H14IN3O/c11-8-9(13-6-14-10(8)15)12-5-1-2-7-3-4-7/h6-7H,1-5H2,(H2,12,13,14,15). The number of rotatable bonds is 5. The summed E-state index contributed by atoms with van der Waals surface area (Å²) >= 11 is 2.01. The predicted molar refractivity (Wildman–Crippen MR) is 68.0 cm³/mol. The lowest BCUT2D eigenvalue weighted by atomic mass is 10.2. The van der Waals surface area contributed by atoms with Gasteiger partial charge >= 0.3 is 0 Å². The Kier molecular flexibility index (Phi) is 3.61. The molecule has 1 fully saturated rings. The second-order valence-corrected chi connectivity index (χ2v) is 4.99. The molecular weight excluding hydrogens is 305 g/mol. The highest BCUT2D eigenvalue weighted by atomic mass is 127. The third-order valence-corrected chi connectivity index (χ3v) is 3.58. The van der Waals surface area contributed by atoms with Crippen LogP contribution in [0.5, 0.6) is 0 Å². The maximum absolute atomic E-state index is 11.2. The molecule has 1 aliphatic carbocycles. The number of anilines is 1. The van der Waals surface area contributed by atoms with Crippen LogP contribution in [0.4, 0.5) is 5.82 Å². The Morgan fingerprint density at radius 3 is 3.13 bits per heavy atom. The zero-order valence-corrected chi connectivity index (χ0v) is 10.6. The maximum Gasteiger partial charge on any atom is 0.266 e. The molecule has 1 aromatic rings. The van der Waals surface area contributed by atoms with E-state index in [0.29, 0.717) is 9.39 Å². The second kappa shape index (κ2) is 4.96. The Labute approximate surface area is 102 Å². The molecule has 0 radical (unpaired) electrons. The van der Waals surface area contributed by atoms with Crippen LogP contribution in [0.2, 0.25) is 0 Å². The average Bonchev–Trinajstić information content (AvgIpc) is 3.02. The van der Waals surface area contributed by atoms with Crippen molar-refractivity contribution in [3.05, 3.63) is 20.3 Å². The zero-order valence-electron chi connectivity index (χ0n) is 8.42. The van der Waals surface area contributed by atoms with Gasteiger partial charge in [-0.15, -0.1) is 0 Å². The van der Waals surface area contributed by atoms with Gasteiger partial charge in [-0.3, -0.25) is 4.79 Å². The molecule has 2 rings (SSSR count). The number of hydrogen-bond donors (Lipinski definition) is 2. The van der Waals surface area contributed by atoms with Crippen LogP contribution in [0.25, 0.3) is 0 Å². The first kappa shape index (κ1) is 10.9. The molecule has 2 N–H and O–H groups in total. The fourth-order valence-electron chi connectivity index (χ4n) is 1.51. The predicted octanol–water partition coefficient (Wildman–Crippen LogP) is 1.98. The molecule has 0 atom stereocenters. The molecule has 5 heteroatoms. The Bertz CT molecular complexity index is 386. The van der Waals surface area contributed by atoms with Gasteiger partial charge in [-0.2, -0.15) is 0 Å². The quantitative estimate of drug-likeness (QED) is 0.644. The third kappa shape index (κ3) is 3.19. The molecule has 1 aromatic heterocycles. The molecule has 0 bridgehead atoms. The van der Waals surface area contributed by atoms with Gasteiger partial charge in [0.15, 0.2) is 0 Å². The highest BCUT2D eigenvalue weighted by Gasteiger charge is 2.19. The summed E-state index contributed by atoms with van der Waals surface area (Å²) in [4.78, 5) is 17.9. The molecule has 4 nitrogen and oxygen atoms in total. The first-order valence-corrected chi connectivity index (χ1v) is 6.32. The van der Waals surface area contributed by atoms with E-state index in [1.165, 1.54) is 25.6 Å².